The minimum Gasteiger partial charge on any atom is -0.353 e. The molecule has 0 spiro atoms. The molecule has 2 N–H and O–H groups in total. The molecule has 0 fully saturated rings. The first-order chi connectivity index (χ1) is 8.24. The summed E-state index contributed by atoms with van der Waals surface area (Å²) in [5.41, 5.74) is 3.88. The van der Waals surface area contributed by atoms with Crippen molar-refractivity contribution in [3.63, 3.8) is 0 Å². The van der Waals surface area contributed by atoms with Gasteiger partial charge < -0.3 is 10.6 Å². The van der Waals surface area contributed by atoms with Crippen LogP contribution in [0.4, 0.5) is 17.1 Å². The van der Waals surface area contributed by atoms with Gasteiger partial charge in [0.05, 0.1) is 11.4 Å². The number of halogens is 1. The van der Waals surface area contributed by atoms with Crippen LogP contribution in [0.5, 0.6) is 0 Å². The quantitative estimate of drug-likeness (QED) is 0.695. The summed E-state index contributed by atoms with van der Waals surface area (Å²) in [6, 6.07) is 13.6. The summed E-state index contributed by atoms with van der Waals surface area (Å²) in [5.74, 6) is 0. The lowest BCUT2D eigenvalue weighted by Crippen LogP contribution is -2.08. The Balaban J connectivity index is 2.17. The van der Waals surface area contributed by atoms with Crippen LogP contribution >= 0.6 is 23.8 Å². The Hall–Kier alpha value is -1.58. The molecule has 1 aliphatic heterocycles. The monoisotopic (exact) mass is 260 g/mol. The maximum absolute atomic E-state index is 5.98. The summed E-state index contributed by atoms with van der Waals surface area (Å²) in [6.45, 7) is 0. The Morgan fingerprint density at radius 2 is 1.71 bits per heavy atom. The van der Waals surface area contributed by atoms with Gasteiger partial charge in [-0.05, 0) is 30.3 Å². The SMILES string of the molecule is S=C1Nc2cc(Cl)ccc2Nc2ccccc21. The van der Waals surface area contributed by atoms with Gasteiger partial charge in [-0.1, -0.05) is 36.0 Å². The smallest absolute Gasteiger partial charge is 0.113 e. The van der Waals surface area contributed by atoms with Crippen LogP contribution < -0.4 is 10.6 Å². The lowest BCUT2D eigenvalue weighted by atomic mass is 10.2. The summed E-state index contributed by atoms with van der Waals surface area (Å²) in [4.78, 5) is 0.703. The fraction of sp³-hybridized carbons (Fsp3) is 0. The summed E-state index contributed by atoms with van der Waals surface area (Å²) < 4.78 is 0. The van der Waals surface area contributed by atoms with Crippen molar-refractivity contribution in [3.05, 3.63) is 53.1 Å². The lowest BCUT2D eigenvalue weighted by molar-refractivity contribution is 1.56. The molecule has 17 heavy (non-hydrogen) atoms. The first-order valence-corrected chi connectivity index (χ1v) is 5.99. The second-order valence-electron chi connectivity index (χ2n) is 3.81. The zero-order valence-electron chi connectivity index (χ0n) is 8.83. The highest BCUT2D eigenvalue weighted by Gasteiger charge is 2.15. The van der Waals surface area contributed by atoms with E-state index in [0.717, 1.165) is 22.6 Å². The largest absolute Gasteiger partial charge is 0.353 e. The molecule has 2 aromatic carbocycles. The molecule has 0 radical (unpaired) electrons. The maximum Gasteiger partial charge on any atom is 0.113 e. The number of thiocarbonyl (C=S) groups is 1. The predicted octanol–water partition coefficient (Wildman–Crippen LogP) is 4.18. The highest BCUT2D eigenvalue weighted by molar-refractivity contribution is 7.81. The number of para-hydroxylation sites is 1. The molecule has 0 amide bonds. The average molecular weight is 261 g/mol. The van der Waals surface area contributed by atoms with Gasteiger partial charge in [0, 0.05) is 16.3 Å². The van der Waals surface area contributed by atoms with Crippen LogP contribution in [0.2, 0.25) is 5.02 Å². The number of hydrogen-bond acceptors (Lipinski definition) is 2. The van der Waals surface area contributed by atoms with E-state index in [4.69, 9.17) is 23.8 Å². The van der Waals surface area contributed by atoms with E-state index in [1.165, 1.54) is 0 Å². The van der Waals surface area contributed by atoms with Crippen LogP contribution in [0.15, 0.2) is 42.5 Å². The lowest BCUT2D eigenvalue weighted by Gasteiger charge is -2.08. The fourth-order valence-electron chi connectivity index (χ4n) is 1.85. The molecule has 0 aromatic heterocycles. The first kappa shape index (κ1) is 10.6. The van der Waals surface area contributed by atoms with Crippen molar-refractivity contribution in [1.29, 1.82) is 0 Å². The molecule has 4 heteroatoms. The van der Waals surface area contributed by atoms with Crippen LogP contribution in [0, 0.1) is 0 Å². The Morgan fingerprint density at radius 1 is 0.882 bits per heavy atom. The van der Waals surface area contributed by atoms with Crippen molar-refractivity contribution >= 4 is 45.9 Å². The van der Waals surface area contributed by atoms with Gasteiger partial charge in [-0.3, -0.25) is 0 Å². The standard InChI is InChI=1S/C13H9ClN2S/c14-8-5-6-11-12(7-8)16-13(17)9-3-1-2-4-10(9)15-11/h1-7,15H,(H,16,17). The van der Waals surface area contributed by atoms with Gasteiger partial charge >= 0.3 is 0 Å². The van der Waals surface area contributed by atoms with Gasteiger partial charge in [0.1, 0.15) is 4.99 Å². The molecule has 84 valence electrons. The molecule has 2 aromatic rings. The Bertz CT molecular complexity index is 610. The Kier molecular flexibility index (Phi) is 2.50. The summed E-state index contributed by atoms with van der Waals surface area (Å²) >= 11 is 11.4. The zero-order chi connectivity index (χ0) is 11.8. The van der Waals surface area contributed by atoms with Crippen molar-refractivity contribution in [2.45, 2.75) is 0 Å². The summed E-state index contributed by atoms with van der Waals surface area (Å²) in [5, 5.41) is 7.24. The van der Waals surface area contributed by atoms with E-state index in [1.54, 1.807) is 0 Å². The molecule has 0 saturated carbocycles. The van der Waals surface area contributed by atoms with Gasteiger partial charge in [0.15, 0.2) is 0 Å². The Labute approximate surface area is 110 Å². The van der Waals surface area contributed by atoms with E-state index >= 15 is 0 Å². The van der Waals surface area contributed by atoms with E-state index in [9.17, 15) is 0 Å². The van der Waals surface area contributed by atoms with Gasteiger partial charge in [0.2, 0.25) is 0 Å². The molecular weight excluding hydrogens is 252 g/mol. The summed E-state index contributed by atoms with van der Waals surface area (Å²) in [6.07, 6.45) is 0. The van der Waals surface area contributed by atoms with Crippen LogP contribution in [-0.4, -0.2) is 4.99 Å². The van der Waals surface area contributed by atoms with Crippen LogP contribution in [0.3, 0.4) is 0 Å². The van der Waals surface area contributed by atoms with E-state index in [2.05, 4.69) is 10.6 Å². The first-order valence-electron chi connectivity index (χ1n) is 5.21. The number of nitrogens with one attached hydrogen (secondary N) is 2. The van der Waals surface area contributed by atoms with Crippen LogP contribution in [0.1, 0.15) is 5.56 Å². The fourth-order valence-corrected chi connectivity index (χ4v) is 2.31. The van der Waals surface area contributed by atoms with Gasteiger partial charge in [-0.25, -0.2) is 0 Å². The molecular formula is C13H9ClN2S. The third-order valence-corrected chi connectivity index (χ3v) is 3.23. The van der Waals surface area contributed by atoms with Crippen molar-refractivity contribution in [1.82, 2.24) is 0 Å². The van der Waals surface area contributed by atoms with Crippen LogP contribution in [0.25, 0.3) is 0 Å². The number of anilines is 3. The molecule has 2 nitrogen and oxygen atoms in total. The zero-order valence-corrected chi connectivity index (χ0v) is 10.4. The predicted molar refractivity (Wildman–Crippen MR) is 76.5 cm³/mol. The molecule has 3 rings (SSSR count). The minimum absolute atomic E-state index is 0.687. The highest BCUT2D eigenvalue weighted by atomic mass is 35.5. The molecule has 0 atom stereocenters. The number of rotatable bonds is 0. The molecule has 0 unspecified atom stereocenters. The Morgan fingerprint density at radius 3 is 2.59 bits per heavy atom. The number of hydrogen-bond donors (Lipinski definition) is 2. The van der Waals surface area contributed by atoms with Crippen molar-refractivity contribution in [2.75, 3.05) is 10.6 Å². The summed E-state index contributed by atoms with van der Waals surface area (Å²) in [7, 11) is 0. The van der Waals surface area contributed by atoms with Crippen molar-refractivity contribution in [3.8, 4) is 0 Å². The topological polar surface area (TPSA) is 24.1 Å². The molecule has 0 bridgehead atoms. The molecule has 0 aliphatic carbocycles. The van der Waals surface area contributed by atoms with E-state index in [0.29, 0.717) is 10.0 Å². The molecule has 1 heterocycles. The normalized spacial score (nSPS) is 12.9. The average Bonchev–Trinajstić information content (AvgIpc) is 2.46. The van der Waals surface area contributed by atoms with E-state index < -0.39 is 0 Å². The van der Waals surface area contributed by atoms with Gasteiger partial charge in [-0.2, -0.15) is 0 Å². The van der Waals surface area contributed by atoms with Crippen molar-refractivity contribution < 1.29 is 0 Å². The van der Waals surface area contributed by atoms with E-state index in [-0.39, 0.29) is 0 Å². The maximum atomic E-state index is 5.98. The van der Waals surface area contributed by atoms with E-state index in [1.807, 2.05) is 42.5 Å². The number of fused-ring (bicyclic) bond motifs is 2. The number of benzene rings is 2. The highest BCUT2D eigenvalue weighted by Crippen LogP contribution is 2.33. The van der Waals surface area contributed by atoms with Gasteiger partial charge in [0.25, 0.3) is 0 Å². The third-order valence-electron chi connectivity index (χ3n) is 2.67. The second kappa shape index (κ2) is 4.02. The second-order valence-corrected chi connectivity index (χ2v) is 4.66. The third kappa shape index (κ3) is 1.88. The van der Waals surface area contributed by atoms with Gasteiger partial charge in [-0.15, -0.1) is 0 Å². The minimum atomic E-state index is 0.687. The molecule has 0 saturated heterocycles. The van der Waals surface area contributed by atoms with Crippen LogP contribution in [-0.2, 0) is 0 Å². The molecule has 1 aliphatic rings. The van der Waals surface area contributed by atoms with Crippen molar-refractivity contribution in [2.24, 2.45) is 0 Å².